The van der Waals surface area contributed by atoms with E-state index in [4.69, 9.17) is 9.84 Å². The van der Waals surface area contributed by atoms with Gasteiger partial charge in [0.1, 0.15) is 6.10 Å². The van der Waals surface area contributed by atoms with Crippen LogP contribution in [0.25, 0.3) is 0 Å². The lowest BCUT2D eigenvalue weighted by Gasteiger charge is -2.15. The Balaban J connectivity index is 2.45. The molecule has 0 saturated carbocycles. The highest BCUT2D eigenvalue weighted by Gasteiger charge is 2.35. The average Bonchev–Trinajstić information content (AvgIpc) is 2.33. The van der Waals surface area contributed by atoms with Crippen LogP contribution in [0.2, 0.25) is 0 Å². The number of esters is 1. The zero-order chi connectivity index (χ0) is 9.14. The van der Waals surface area contributed by atoms with Crippen molar-refractivity contribution >= 4 is 5.97 Å². The summed E-state index contributed by atoms with van der Waals surface area (Å²) in [5.41, 5.74) is 0. The molecule has 1 rings (SSSR count). The maximum Gasteiger partial charge on any atom is 0.335 e. The Hall–Kier alpha value is -0.830. The van der Waals surface area contributed by atoms with E-state index in [9.17, 15) is 4.79 Å². The van der Waals surface area contributed by atoms with Crippen LogP contribution in [0.15, 0.2) is 12.7 Å². The third-order valence-corrected chi connectivity index (χ3v) is 2.17. The molecule has 0 aromatic rings. The van der Waals surface area contributed by atoms with Gasteiger partial charge < -0.3 is 9.84 Å². The second-order valence-corrected chi connectivity index (χ2v) is 3.23. The first-order valence-electron chi connectivity index (χ1n) is 4.14. The van der Waals surface area contributed by atoms with Gasteiger partial charge in [-0.15, -0.1) is 6.58 Å². The van der Waals surface area contributed by atoms with Crippen molar-refractivity contribution in [3.63, 3.8) is 0 Å². The molecule has 0 aromatic heterocycles. The van der Waals surface area contributed by atoms with Crippen molar-refractivity contribution < 1.29 is 14.6 Å². The SMILES string of the molecule is C=CC[C@@H](C)[C@@H]1C[C@@H](O)C(=O)O1. The minimum Gasteiger partial charge on any atom is -0.460 e. The van der Waals surface area contributed by atoms with Gasteiger partial charge >= 0.3 is 5.97 Å². The first kappa shape index (κ1) is 9.26. The summed E-state index contributed by atoms with van der Waals surface area (Å²) in [5, 5.41) is 9.08. The fourth-order valence-corrected chi connectivity index (χ4v) is 1.36. The van der Waals surface area contributed by atoms with Crippen LogP contribution in [-0.2, 0) is 9.53 Å². The van der Waals surface area contributed by atoms with E-state index in [0.29, 0.717) is 6.42 Å². The van der Waals surface area contributed by atoms with Crippen molar-refractivity contribution in [2.24, 2.45) is 5.92 Å². The Bertz CT molecular complexity index is 188. The smallest absolute Gasteiger partial charge is 0.335 e. The molecule has 3 nitrogen and oxygen atoms in total. The molecule has 3 atom stereocenters. The molecule has 0 aliphatic carbocycles. The highest BCUT2D eigenvalue weighted by molar-refractivity contribution is 5.76. The van der Waals surface area contributed by atoms with Crippen LogP contribution in [0.3, 0.4) is 0 Å². The lowest BCUT2D eigenvalue weighted by atomic mass is 9.98. The third kappa shape index (κ3) is 1.85. The molecule has 0 spiro atoms. The first-order valence-corrected chi connectivity index (χ1v) is 4.14. The summed E-state index contributed by atoms with van der Waals surface area (Å²) in [6, 6.07) is 0. The number of ether oxygens (including phenoxy) is 1. The van der Waals surface area contributed by atoms with Crippen LogP contribution in [0.4, 0.5) is 0 Å². The Labute approximate surface area is 72.0 Å². The molecule has 1 saturated heterocycles. The van der Waals surface area contributed by atoms with Gasteiger partial charge in [-0.25, -0.2) is 4.79 Å². The Morgan fingerprint density at radius 1 is 1.92 bits per heavy atom. The standard InChI is InChI=1S/C9H14O3/c1-3-4-6(2)8-5-7(10)9(11)12-8/h3,6-8,10H,1,4-5H2,2H3/t6-,7-,8+/m1/s1. The Morgan fingerprint density at radius 2 is 2.58 bits per heavy atom. The molecular weight excluding hydrogens is 156 g/mol. The predicted octanol–water partition coefficient (Wildman–Crippen LogP) is 0.875. The summed E-state index contributed by atoms with van der Waals surface area (Å²) in [5.74, 6) is -0.237. The molecule has 0 amide bonds. The van der Waals surface area contributed by atoms with Crippen LogP contribution in [0.1, 0.15) is 19.8 Å². The Morgan fingerprint density at radius 3 is 3.00 bits per heavy atom. The minimum absolute atomic E-state index is 0.134. The molecule has 0 bridgehead atoms. The zero-order valence-corrected chi connectivity index (χ0v) is 7.19. The third-order valence-electron chi connectivity index (χ3n) is 2.17. The number of allylic oxidation sites excluding steroid dienone is 1. The van der Waals surface area contributed by atoms with E-state index in [1.165, 1.54) is 0 Å². The largest absolute Gasteiger partial charge is 0.460 e. The summed E-state index contributed by atoms with van der Waals surface area (Å²) < 4.78 is 4.95. The molecule has 1 N–H and O–H groups in total. The number of rotatable bonds is 3. The second-order valence-electron chi connectivity index (χ2n) is 3.23. The number of aliphatic hydroxyl groups is 1. The highest BCUT2D eigenvalue weighted by Crippen LogP contribution is 2.23. The van der Waals surface area contributed by atoms with Gasteiger partial charge in [-0.2, -0.15) is 0 Å². The number of aliphatic hydroxyl groups excluding tert-OH is 1. The van der Waals surface area contributed by atoms with E-state index in [2.05, 4.69) is 6.58 Å². The second kappa shape index (κ2) is 3.72. The lowest BCUT2D eigenvalue weighted by Crippen LogP contribution is -2.16. The van der Waals surface area contributed by atoms with Gasteiger partial charge in [-0.05, 0) is 12.3 Å². The van der Waals surface area contributed by atoms with Crippen molar-refractivity contribution in [1.29, 1.82) is 0 Å². The molecule has 1 aliphatic heterocycles. The summed E-state index contributed by atoms with van der Waals surface area (Å²) in [6.45, 7) is 5.59. The van der Waals surface area contributed by atoms with Crippen molar-refractivity contribution in [1.82, 2.24) is 0 Å². The van der Waals surface area contributed by atoms with Crippen LogP contribution < -0.4 is 0 Å². The molecule has 68 valence electrons. The molecule has 1 heterocycles. The van der Waals surface area contributed by atoms with Gasteiger partial charge in [0.15, 0.2) is 6.10 Å². The lowest BCUT2D eigenvalue weighted by molar-refractivity contribution is -0.148. The summed E-state index contributed by atoms with van der Waals surface area (Å²) in [7, 11) is 0. The van der Waals surface area contributed by atoms with E-state index >= 15 is 0 Å². The van der Waals surface area contributed by atoms with Gasteiger partial charge in [-0.1, -0.05) is 13.0 Å². The number of hydrogen-bond acceptors (Lipinski definition) is 3. The maximum absolute atomic E-state index is 10.8. The molecule has 12 heavy (non-hydrogen) atoms. The fraction of sp³-hybridized carbons (Fsp3) is 0.667. The molecule has 0 radical (unpaired) electrons. The topological polar surface area (TPSA) is 46.5 Å². The van der Waals surface area contributed by atoms with E-state index in [0.717, 1.165) is 6.42 Å². The normalized spacial score (nSPS) is 31.3. The van der Waals surface area contributed by atoms with Crippen molar-refractivity contribution in [2.45, 2.75) is 32.0 Å². The summed E-state index contributed by atoms with van der Waals surface area (Å²) in [6.07, 6.45) is 1.98. The maximum atomic E-state index is 10.8. The average molecular weight is 170 g/mol. The van der Waals surface area contributed by atoms with Crippen LogP contribution in [-0.4, -0.2) is 23.3 Å². The molecular formula is C9H14O3. The van der Waals surface area contributed by atoms with Gasteiger partial charge in [0.25, 0.3) is 0 Å². The summed E-state index contributed by atoms with van der Waals surface area (Å²) >= 11 is 0. The monoisotopic (exact) mass is 170 g/mol. The van der Waals surface area contributed by atoms with E-state index in [-0.39, 0.29) is 12.0 Å². The molecule has 1 aliphatic rings. The van der Waals surface area contributed by atoms with Gasteiger partial charge in [-0.3, -0.25) is 0 Å². The molecule has 1 fully saturated rings. The Kier molecular flexibility index (Phi) is 2.87. The molecule has 0 unspecified atom stereocenters. The minimum atomic E-state index is -0.915. The van der Waals surface area contributed by atoms with Gasteiger partial charge in [0, 0.05) is 6.42 Å². The zero-order valence-electron chi connectivity index (χ0n) is 7.19. The predicted molar refractivity (Wildman–Crippen MR) is 44.5 cm³/mol. The van der Waals surface area contributed by atoms with E-state index < -0.39 is 12.1 Å². The van der Waals surface area contributed by atoms with Crippen LogP contribution >= 0.6 is 0 Å². The number of carbonyl (C=O) groups is 1. The molecule has 0 aromatic carbocycles. The van der Waals surface area contributed by atoms with Crippen molar-refractivity contribution in [3.05, 3.63) is 12.7 Å². The van der Waals surface area contributed by atoms with Gasteiger partial charge in [0.2, 0.25) is 0 Å². The van der Waals surface area contributed by atoms with Crippen LogP contribution in [0, 0.1) is 5.92 Å². The number of hydrogen-bond donors (Lipinski definition) is 1. The van der Waals surface area contributed by atoms with E-state index in [1.54, 1.807) is 6.08 Å². The number of carbonyl (C=O) groups excluding carboxylic acids is 1. The van der Waals surface area contributed by atoms with Crippen molar-refractivity contribution in [3.8, 4) is 0 Å². The molecule has 3 heteroatoms. The first-order chi connectivity index (χ1) is 5.65. The van der Waals surface area contributed by atoms with Gasteiger partial charge in [0.05, 0.1) is 0 Å². The van der Waals surface area contributed by atoms with Crippen molar-refractivity contribution in [2.75, 3.05) is 0 Å². The van der Waals surface area contributed by atoms with E-state index in [1.807, 2.05) is 6.92 Å². The number of cyclic esters (lactones) is 1. The van der Waals surface area contributed by atoms with Crippen LogP contribution in [0.5, 0.6) is 0 Å². The fourth-order valence-electron chi connectivity index (χ4n) is 1.36. The summed E-state index contributed by atoms with van der Waals surface area (Å²) in [4.78, 5) is 10.8. The highest BCUT2D eigenvalue weighted by atomic mass is 16.6. The quantitative estimate of drug-likeness (QED) is 0.505.